The molecule has 0 fully saturated rings. The number of nitrogens with zero attached hydrogens (tertiary/aromatic N) is 2. The first-order valence-electron chi connectivity index (χ1n) is 6.37. The van der Waals surface area contributed by atoms with Crippen molar-refractivity contribution < 1.29 is 4.74 Å². The van der Waals surface area contributed by atoms with E-state index < -0.39 is 0 Å². The average Bonchev–Trinajstić information content (AvgIpc) is 2.72. The number of ether oxygens (including phenoxy) is 1. The van der Waals surface area contributed by atoms with Gasteiger partial charge in [-0.15, -0.1) is 0 Å². The van der Waals surface area contributed by atoms with E-state index in [1.165, 1.54) is 6.42 Å². The van der Waals surface area contributed by atoms with Gasteiger partial charge in [0.05, 0.1) is 30.1 Å². The number of aromatic nitrogens is 2. The summed E-state index contributed by atoms with van der Waals surface area (Å²) in [6.45, 7) is 5.58. The van der Waals surface area contributed by atoms with Crippen LogP contribution in [0.2, 0.25) is 5.02 Å². The lowest BCUT2D eigenvalue weighted by molar-refractivity contribution is 0.183. The summed E-state index contributed by atoms with van der Waals surface area (Å²) in [5, 5.41) is 8.26. The normalized spacial score (nSPS) is 11.5. The lowest BCUT2D eigenvalue weighted by Gasteiger charge is -2.04. The average molecular weight is 272 g/mol. The molecular formula is C13H22ClN3O. The highest BCUT2D eigenvalue weighted by molar-refractivity contribution is 6.31. The van der Waals surface area contributed by atoms with Gasteiger partial charge < -0.3 is 10.1 Å². The molecule has 0 saturated heterocycles. The van der Waals surface area contributed by atoms with Crippen molar-refractivity contribution >= 4 is 17.7 Å². The Morgan fingerprint density at radius 3 is 3.06 bits per heavy atom. The highest BCUT2D eigenvalue weighted by Crippen LogP contribution is 2.16. The van der Waals surface area contributed by atoms with Crippen molar-refractivity contribution in [2.24, 2.45) is 0 Å². The third-order valence-corrected chi connectivity index (χ3v) is 2.82. The molecule has 5 heteroatoms. The van der Waals surface area contributed by atoms with E-state index in [-0.39, 0.29) is 0 Å². The molecule has 0 saturated carbocycles. The van der Waals surface area contributed by atoms with Crippen LogP contribution in [-0.2, 0) is 11.3 Å². The Bertz CT molecular complexity index is 363. The Labute approximate surface area is 114 Å². The van der Waals surface area contributed by atoms with Gasteiger partial charge in [-0.1, -0.05) is 24.6 Å². The van der Waals surface area contributed by atoms with Crippen LogP contribution in [0.4, 0.5) is 0 Å². The summed E-state index contributed by atoms with van der Waals surface area (Å²) >= 11 is 6.10. The maximum Gasteiger partial charge on any atom is 0.0859 e. The molecule has 0 radical (unpaired) electrons. The zero-order valence-corrected chi connectivity index (χ0v) is 11.9. The van der Waals surface area contributed by atoms with Crippen molar-refractivity contribution in [3.8, 4) is 0 Å². The highest BCUT2D eigenvalue weighted by Gasteiger charge is 2.04. The van der Waals surface area contributed by atoms with Crippen LogP contribution in [0.5, 0.6) is 0 Å². The number of halogens is 1. The van der Waals surface area contributed by atoms with Crippen LogP contribution in [0.3, 0.4) is 0 Å². The van der Waals surface area contributed by atoms with Gasteiger partial charge in [-0.3, -0.25) is 4.68 Å². The molecular weight excluding hydrogens is 250 g/mol. The Hall–Kier alpha value is -0.840. The van der Waals surface area contributed by atoms with Crippen molar-refractivity contribution in [2.75, 3.05) is 26.8 Å². The van der Waals surface area contributed by atoms with Crippen LogP contribution in [0.25, 0.3) is 6.08 Å². The van der Waals surface area contributed by atoms with E-state index in [2.05, 4.69) is 23.4 Å². The summed E-state index contributed by atoms with van der Waals surface area (Å²) in [6, 6.07) is 0. The Morgan fingerprint density at radius 2 is 2.33 bits per heavy atom. The summed E-state index contributed by atoms with van der Waals surface area (Å²) in [5.74, 6) is 0. The van der Waals surface area contributed by atoms with Gasteiger partial charge >= 0.3 is 0 Å². The minimum absolute atomic E-state index is 0.636. The first-order valence-corrected chi connectivity index (χ1v) is 6.75. The standard InChI is InChI=1S/C13H22ClN3O/c1-3-7-15-8-5-4-6-13-12(14)11-16-17(13)9-10-18-2/h4,6,11,15H,3,5,7-10H2,1-2H3/b6-4+. The molecule has 1 rings (SSSR count). The van der Waals surface area contributed by atoms with Gasteiger partial charge in [-0.05, 0) is 32.0 Å². The quantitative estimate of drug-likeness (QED) is 0.702. The number of hydrogen-bond acceptors (Lipinski definition) is 3. The summed E-state index contributed by atoms with van der Waals surface area (Å²) in [6.07, 6.45) is 7.98. The Morgan fingerprint density at radius 1 is 1.50 bits per heavy atom. The summed E-state index contributed by atoms with van der Waals surface area (Å²) < 4.78 is 6.90. The third kappa shape index (κ3) is 5.21. The van der Waals surface area contributed by atoms with Gasteiger partial charge in [0.15, 0.2) is 0 Å². The summed E-state index contributed by atoms with van der Waals surface area (Å²) in [7, 11) is 1.68. The van der Waals surface area contributed by atoms with E-state index in [4.69, 9.17) is 16.3 Å². The zero-order valence-electron chi connectivity index (χ0n) is 11.2. The van der Waals surface area contributed by atoms with E-state index in [0.717, 1.165) is 31.7 Å². The van der Waals surface area contributed by atoms with Crippen LogP contribution < -0.4 is 5.32 Å². The van der Waals surface area contributed by atoms with Gasteiger partial charge in [0.1, 0.15) is 0 Å². The van der Waals surface area contributed by atoms with Crippen LogP contribution in [0, 0.1) is 0 Å². The molecule has 18 heavy (non-hydrogen) atoms. The molecule has 0 aliphatic heterocycles. The lowest BCUT2D eigenvalue weighted by atomic mass is 10.3. The molecule has 0 spiro atoms. The van der Waals surface area contributed by atoms with Crippen molar-refractivity contribution in [3.05, 3.63) is 23.0 Å². The third-order valence-electron chi connectivity index (χ3n) is 2.53. The topological polar surface area (TPSA) is 39.1 Å². The maximum absolute atomic E-state index is 6.10. The van der Waals surface area contributed by atoms with Crippen LogP contribution >= 0.6 is 11.6 Å². The molecule has 0 bridgehead atoms. The smallest absolute Gasteiger partial charge is 0.0859 e. The Balaban J connectivity index is 2.44. The molecule has 4 nitrogen and oxygen atoms in total. The van der Waals surface area contributed by atoms with Crippen molar-refractivity contribution in [1.82, 2.24) is 15.1 Å². The van der Waals surface area contributed by atoms with Crippen molar-refractivity contribution in [3.63, 3.8) is 0 Å². The second-order valence-corrected chi connectivity index (χ2v) is 4.44. The molecule has 0 aromatic carbocycles. The monoisotopic (exact) mass is 271 g/mol. The summed E-state index contributed by atoms with van der Waals surface area (Å²) in [4.78, 5) is 0. The molecule has 1 aromatic heterocycles. The van der Waals surface area contributed by atoms with Gasteiger partial charge in [-0.25, -0.2) is 0 Å². The SMILES string of the molecule is CCCNCC/C=C/c1c(Cl)cnn1CCOC. The maximum atomic E-state index is 6.10. The molecule has 102 valence electrons. The first kappa shape index (κ1) is 15.2. The van der Waals surface area contributed by atoms with Crippen molar-refractivity contribution in [1.29, 1.82) is 0 Å². The predicted octanol–water partition coefficient (Wildman–Crippen LogP) is 2.59. The van der Waals surface area contributed by atoms with Gasteiger partial charge in [0, 0.05) is 7.11 Å². The van der Waals surface area contributed by atoms with Crippen LogP contribution in [0.15, 0.2) is 12.3 Å². The Kier molecular flexibility index (Phi) is 7.73. The van der Waals surface area contributed by atoms with Gasteiger partial charge in [0.25, 0.3) is 0 Å². The summed E-state index contributed by atoms with van der Waals surface area (Å²) in [5.41, 5.74) is 0.948. The van der Waals surface area contributed by atoms with Crippen LogP contribution in [-0.4, -0.2) is 36.6 Å². The highest BCUT2D eigenvalue weighted by atomic mass is 35.5. The first-order chi connectivity index (χ1) is 8.79. The molecule has 1 N–H and O–H groups in total. The fraction of sp³-hybridized carbons (Fsp3) is 0.615. The number of hydrogen-bond donors (Lipinski definition) is 1. The number of rotatable bonds is 9. The van der Waals surface area contributed by atoms with Gasteiger partial charge in [-0.2, -0.15) is 5.10 Å². The van der Waals surface area contributed by atoms with E-state index in [9.17, 15) is 0 Å². The second kappa shape index (κ2) is 9.14. The molecule has 1 aromatic rings. The molecule has 0 unspecified atom stereocenters. The lowest BCUT2D eigenvalue weighted by Crippen LogP contribution is -2.15. The van der Waals surface area contributed by atoms with E-state index in [1.807, 2.05) is 10.8 Å². The fourth-order valence-electron chi connectivity index (χ4n) is 1.58. The molecule has 0 aliphatic rings. The predicted molar refractivity (Wildman–Crippen MR) is 75.9 cm³/mol. The molecule has 0 atom stereocenters. The molecule has 0 aliphatic carbocycles. The van der Waals surface area contributed by atoms with Crippen molar-refractivity contribution in [2.45, 2.75) is 26.3 Å². The minimum atomic E-state index is 0.636. The molecule has 0 amide bonds. The minimum Gasteiger partial charge on any atom is -0.383 e. The van der Waals surface area contributed by atoms with Crippen LogP contribution in [0.1, 0.15) is 25.5 Å². The molecule has 1 heterocycles. The van der Waals surface area contributed by atoms with E-state index >= 15 is 0 Å². The number of methoxy groups -OCH3 is 1. The largest absolute Gasteiger partial charge is 0.383 e. The second-order valence-electron chi connectivity index (χ2n) is 4.03. The van der Waals surface area contributed by atoms with E-state index in [0.29, 0.717) is 11.6 Å². The number of nitrogens with one attached hydrogen (secondary N) is 1. The van der Waals surface area contributed by atoms with E-state index in [1.54, 1.807) is 13.3 Å². The zero-order chi connectivity index (χ0) is 13.2. The fourth-order valence-corrected chi connectivity index (χ4v) is 1.78. The van der Waals surface area contributed by atoms with Gasteiger partial charge in [0.2, 0.25) is 0 Å².